The van der Waals surface area contributed by atoms with Crippen molar-refractivity contribution in [3.8, 4) is 0 Å². The minimum absolute atomic E-state index is 0.139. The van der Waals surface area contributed by atoms with Crippen molar-refractivity contribution >= 4 is 23.0 Å². The molecule has 0 saturated carbocycles. The third-order valence-corrected chi connectivity index (χ3v) is 6.80. The number of nitrogens with zero attached hydrogens (tertiary/aromatic N) is 6. The Bertz CT molecular complexity index is 1240. The van der Waals surface area contributed by atoms with E-state index in [0.29, 0.717) is 18.9 Å². The van der Waals surface area contributed by atoms with Crippen molar-refractivity contribution in [1.82, 2.24) is 24.4 Å². The first-order chi connectivity index (χ1) is 16.6. The third-order valence-electron chi connectivity index (χ3n) is 6.80. The van der Waals surface area contributed by atoms with Gasteiger partial charge in [0, 0.05) is 44.0 Å². The molecule has 178 valence electrons. The van der Waals surface area contributed by atoms with Gasteiger partial charge in [-0.05, 0) is 43.9 Å². The number of hydrogen-bond acceptors (Lipinski definition) is 7. The van der Waals surface area contributed by atoms with Crippen molar-refractivity contribution in [2.24, 2.45) is 0 Å². The molecule has 1 aliphatic heterocycles. The Balaban J connectivity index is 1.33. The lowest BCUT2D eigenvalue weighted by molar-refractivity contribution is 0.165. The van der Waals surface area contributed by atoms with Gasteiger partial charge >= 0.3 is 0 Å². The smallest absolute Gasteiger partial charge is 0.247 e. The normalized spacial score (nSPS) is 15.7. The maximum absolute atomic E-state index is 10.3. The fourth-order valence-electron chi connectivity index (χ4n) is 4.72. The Labute approximate surface area is 198 Å². The summed E-state index contributed by atoms with van der Waals surface area (Å²) in [7, 11) is 0. The summed E-state index contributed by atoms with van der Waals surface area (Å²) in [5.41, 5.74) is 4.88. The van der Waals surface area contributed by atoms with Crippen LogP contribution >= 0.6 is 0 Å². The fraction of sp³-hybridized carbons (Fsp3) is 0.400. The molecule has 5 rings (SSSR count). The van der Waals surface area contributed by atoms with Crippen molar-refractivity contribution in [3.05, 3.63) is 66.1 Å². The molecule has 0 spiro atoms. The minimum atomic E-state index is -0.203. The molecule has 0 atom stereocenters. The van der Waals surface area contributed by atoms with Crippen molar-refractivity contribution in [3.63, 3.8) is 0 Å². The molecule has 0 unspecified atom stereocenters. The van der Waals surface area contributed by atoms with Crippen LogP contribution in [0.3, 0.4) is 0 Å². The van der Waals surface area contributed by atoms with Gasteiger partial charge in [0.05, 0.1) is 24.2 Å². The average Bonchev–Trinajstić information content (AvgIpc) is 3.49. The predicted molar refractivity (Wildman–Crippen MR) is 132 cm³/mol. The molecule has 3 aromatic heterocycles. The number of aromatic nitrogens is 5. The number of piperidine rings is 1. The highest BCUT2D eigenvalue weighted by molar-refractivity contribution is 5.71. The van der Waals surface area contributed by atoms with Gasteiger partial charge in [0.25, 0.3) is 0 Å². The maximum Gasteiger partial charge on any atom is 0.247 e. The number of anilines is 3. The zero-order valence-electron chi connectivity index (χ0n) is 19.4. The van der Waals surface area contributed by atoms with Crippen LogP contribution in [-0.2, 0) is 12.0 Å². The molecular weight excluding hydrogens is 430 g/mol. The summed E-state index contributed by atoms with van der Waals surface area (Å²) in [6, 6.07) is 12.6. The average molecular weight is 462 g/mol. The highest BCUT2D eigenvalue weighted by atomic mass is 16.3. The highest BCUT2D eigenvalue weighted by Crippen LogP contribution is 2.37. The molecule has 1 saturated heterocycles. The van der Waals surface area contributed by atoms with Gasteiger partial charge in [-0.3, -0.25) is 4.68 Å². The topological polar surface area (TPSA) is 104 Å². The first-order valence-corrected chi connectivity index (χ1v) is 11.8. The number of aliphatic hydroxyl groups excluding tert-OH is 2. The van der Waals surface area contributed by atoms with E-state index >= 15 is 0 Å². The number of fused-ring (bicyclic) bond motifs is 1. The number of benzene rings is 1. The van der Waals surface area contributed by atoms with Crippen LogP contribution in [0.25, 0.3) is 5.65 Å². The van der Waals surface area contributed by atoms with Crippen molar-refractivity contribution in [1.29, 1.82) is 0 Å². The van der Waals surface area contributed by atoms with Crippen LogP contribution in [0.2, 0.25) is 0 Å². The van der Waals surface area contributed by atoms with E-state index < -0.39 is 0 Å². The molecule has 1 fully saturated rings. The highest BCUT2D eigenvalue weighted by Gasteiger charge is 2.36. The summed E-state index contributed by atoms with van der Waals surface area (Å²) < 4.78 is 3.58. The first kappa shape index (κ1) is 22.4. The Morgan fingerprint density at radius 2 is 1.88 bits per heavy atom. The molecular formula is C25H31N7O2. The van der Waals surface area contributed by atoms with E-state index in [2.05, 4.69) is 57.7 Å². The molecule has 9 heteroatoms. The summed E-state index contributed by atoms with van der Waals surface area (Å²) in [5, 5.41) is 31.4. The number of nitrogens with one attached hydrogen (secondary N) is 1. The van der Waals surface area contributed by atoms with Gasteiger partial charge in [0.1, 0.15) is 0 Å². The van der Waals surface area contributed by atoms with Crippen LogP contribution < -0.4 is 10.2 Å². The van der Waals surface area contributed by atoms with E-state index in [1.807, 2.05) is 18.5 Å². The summed E-state index contributed by atoms with van der Waals surface area (Å²) in [4.78, 5) is 7.09. The predicted octanol–water partition coefficient (Wildman–Crippen LogP) is 2.89. The van der Waals surface area contributed by atoms with E-state index in [1.165, 1.54) is 11.1 Å². The lowest BCUT2D eigenvalue weighted by Crippen LogP contribution is -2.45. The first-order valence-electron chi connectivity index (χ1n) is 11.8. The molecule has 1 aliphatic rings. The number of aryl methyl sites for hydroxylation is 2. The van der Waals surface area contributed by atoms with Crippen LogP contribution in [0.1, 0.15) is 30.4 Å². The Morgan fingerprint density at radius 3 is 2.62 bits per heavy atom. The van der Waals surface area contributed by atoms with Crippen LogP contribution in [0.4, 0.5) is 17.3 Å². The van der Waals surface area contributed by atoms with E-state index in [9.17, 15) is 5.11 Å². The summed E-state index contributed by atoms with van der Waals surface area (Å²) in [6.07, 6.45) is 7.92. The van der Waals surface area contributed by atoms with E-state index in [-0.39, 0.29) is 18.6 Å². The standard InChI is InChI=1S/C25H31N7O2/c1-19-5-7-20(8-6-19)25(18-34)9-13-30(14-10-25)22-4-2-12-32-23(22)28-24(29-32)27-21-16-26-31(17-21)11-3-15-33/h2,4-8,12,16-17,33-34H,3,9-11,13-15,18H2,1H3,(H,27,29). The molecule has 4 heterocycles. The van der Waals surface area contributed by atoms with Gasteiger partial charge in [-0.2, -0.15) is 10.1 Å². The molecule has 0 bridgehead atoms. The van der Waals surface area contributed by atoms with Crippen molar-refractivity contribution < 1.29 is 10.2 Å². The van der Waals surface area contributed by atoms with Crippen LogP contribution in [0, 0.1) is 6.92 Å². The zero-order chi connectivity index (χ0) is 23.5. The molecule has 1 aromatic carbocycles. The second kappa shape index (κ2) is 9.44. The number of aliphatic hydroxyl groups is 2. The van der Waals surface area contributed by atoms with Crippen molar-refractivity contribution in [2.75, 3.05) is 36.5 Å². The van der Waals surface area contributed by atoms with Gasteiger partial charge in [0.2, 0.25) is 5.95 Å². The number of rotatable bonds is 8. The van der Waals surface area contributed by atoms with E-state index in [0.717, 1.165) is 43.0 Å². The second-order valence-corrected chi connectivity index (χ2v) is 9.08. The van der Waals surface area contributed by atoms with Crippen LogP contribution in [0.5, 0.6) is 0 Å². The van der Waals surface area contributed by atoms with Gasteiger partial charge in [-0.25, -0.2) is 4.52 Å². The molecule has 4 aromatic rings. The SMILES string of the molecule is Cc1ccc(C2(CO)CCN(c3cccn4nc(Nc5cnn(CCCO)c5)nc34)CC2)cc1. The van der Waals surface area contributed by atoms with Gasteiger partial charge < -0.3 is 20.4 Å². The monoisotopic (exact) mass is 461 g/mol. The lowest BCUT2D eigenvalue weighted by atomic mass is 9.73. The van der Waals surface area contributed by atoms with Gasteiger partial charge in [-0.15, -0.1) is 5.10 Å². The lowest BCUT2D eigenvalue weighted by Gasteiger charge is -2.42. The summed E-state index contributed by atoms with van der Waals surface area (Å²) >= 11 is 0. The molecule has 0 amide bonds. The number of pyridine rings is 1. The van der Waals surface area contributed by atoms with E-state index in [1.54, 1.807) is 15.4 Å². The largest absolute Gasteiger partial charge is 0.396 e. The van der Waals surface area contributed by atoms with Crippen molar-refractivity contribution in [2.45, 2.75) is 38.1 Å². The molecule has 0 aliphatic carbocycles. The summed E-state index contributed by atoms with van der Waals surface area (Å²) in [5.74, 6) is 0.510. The molecule has 0 radical (unpaired) electrons. The number of hydrogen-bond donors (Lipinski definition) is 3. The maximum atomic E-state index is 10.3. The fourth-order valence-corrected chi connectivity index (χ4v) is 4.72. The minimum Gasteiger partial charge on any atom is -0.396 e. The molecule has 34 heavy (non-hydrogen) atoms. The van der Waals surface area contributed by atoms with Crippen LogP contribution in [-0.4, -0.2) is 60.9 Å². The summed E-state index contributed by atoms with van der Waals surface area (Å²) in [6.45, 7) is 4.71. The zero-order valence-corrected chi connectivity index (χ0v) is 19.4. The molecule has 3 N–H and O–H groups in total. The van der Waals surface area contributed by atoms with Gasteiger partial charge in [0.15, 0.2) is 5.65 Å². The second-order valence-electron chi connectivity index (χ2n) is 9.08. The Hall–Kier alpha value is -3.43. The quantitative estimate of drug-likeness (QED) is 0.371. The van der Waals surface area contributed by atoms with E-state index in [4.69, 9.17) is 10.1 Å². The van der Waals surface area contributed by atoms with Crippen LogP contribution in [0.15, 0.2) is 55.0 Å². The third kappa shape index (κ3) is 4.36. The Morgan fingerprint density at radius 1 is 1.09 bits per heavy atom. The molecule has 9 nitrogen and oxygen atoms in total. The van der Waals surface area contributed by atoms with Gasteiger partial charge in [-0.1, -0.05) is 29.8 Å². The Kier molecular flexibility index (Phi) is 6.21.